The molecule has 1 aromatic heterocycles. The molecular formula is C6H8N4O. The molecule has 0 radical (unpaired) electrons. The molecule has 5 heteroatoms. The lowest BCUT2D eigenvalue weighted by Crippen LogP contribution is -2.29. The van der Waals surface area contributed by atoms with Crippen molar-refractivity contribution in [2.24, 2.45) is 5.29 Å². The van der Waals surface area contributed by atoms with E-state index in [-0.39, 0.29) is 0 Å². The number of hydrogen-bond donors (Lipinski definition) is 0. The van der Waals surface area contributed by atoms with Crippen LogP contribution in [-0.2, 0) is 13.1 Å². The van der Waals surface area contributed by atoms with Crippen molar-refractivity contribution in [3.63, 3.8) is 0 Å². The summed E-state index contributed by atoms with van der Waals surface area (Å²) >= 11 is 0. The standard InChI is InChI=1S/C6H8N4O/c11-8-10-4-3-9-2-1-7-6(9)5-10/h1-2H,3-5H2. The van der Waals surface area contributed by atoms with Gasteiger partial charge in [-0.15, -0.1) is 4.91 Å². The van der Waals surface area contributed by atoms with Crippen molar-refractivity contribution in [3.05, 3.63) is 23.1 Å². The first kappa shape index (κ1) is 6.33. The van der Waals surface area contributed by atoms with Gasteiger partial charge in [0, 0.05) is 18.9 Å². The van der Waals surface area contributed by atoms with E-state index in [4.69, 9.17) is 0 Å². The van der Waals surface area contributed by atoms with Crippen molar-refractivity contribution in [1.29, 1.82) is 0 Å². The summed E-state index contributed by atoms with van der Waals surface area (Å²) in [5.41, 5.74) is 0. The first-order chi connectivity index (χ1) is 5.40. The second-order valence-corrected chi connectivity index (χ2v) is 2.51. The minimum Gasteiger partial charge on any atom is -0.332 e. The van der Waals surface area contributed by atoms with Crippen molar-refractivity contribution in [2.75, 3.05) is 6.54 Å². The molecule has 0 N–H and O–H groups in total. The fraction of sp³-hybridized carbons (Fsp3) is 0.500. The van der Waals surface area contributed by atoms with E-state index in [1.165, 1.54) is 5.01 Å². The fourth-order valence-electron chi connectivity index (χ4n) is 1.23. The summed E-state index contributed by atoms with van der Waals surface area (Å²) in [7, 11) is 0. The van der Waals surface area contributed by atoms with Gasteiger partial charge >= 0.3 is 0 Å². The first-order valence-electron chi connectivity index (χ1n) is 3.48. The van der Waals surface area contributed by atoms with Gasteiger partial charge in [0.05, 0.1) is 18.4 Å². The van der Waals surface area contributed by atoms with E-state index in [0.717, 1.165) is 12.4 Å². The summed E-state index contributed by atoms with van der Waals surface area (Å²) in [5.74, 6) is 0.913. The summed E-state index contributed by atoms with van der Waals surface area (Å²) in [6.07, 6.45) is 3.65. The molecule has 1 aliphatic heterocycles. The van der Waals surface area contributed by atoms with Crippen LogP contribution in [-0.4, -0.2) is 21.1 Å². The lowest BCUT2D eigenvalue weighted by Gasteiger charge is -2.21. The van der Waals surface area contributed by atoms with Crippen LogP contribution in [0.1, 0.15) is 5.82 Å². The highest BCUT2D eigenvalue weighted by Gasteiger charge is 2.14. The molecule has 5 nitrogen and oxygen atoms in total. The summed E-state index contributed by atoms with van der Waals surface area (Å²) in [6.45, 7) is 2.03. The smallest absolute Gasteiger partial charge is 0.130 e. The topological polar surface area (TPSA) is 50.5 Å². The van der Waals surface area contributed by atoms with Gasteiger partial charge in [-0.2, -0.15) is 0 Å². The maximum atomic E-state index is 10.1. The predicted molar refractivity (Wildman–Crippen MR) is 38.4 cm³/mol. The Morgan fingerprint density at radius 3 is 3.27 bits per heavy atom. The molecule has 2 heterocycles. The lowest BCUT2D eigenvalue weighted by molar-refractivity contribution is 0.223. The zero-order chi connectivity index (χ0) is 7.68. The molecule has 58 valence electrons. The highest BCUT2D eigenvalue weighted by Crippen LogP contribution is 2.09. The van der Waals surface area contributed by atoms with Crippen LogP contribution >= 0.6 is 0 Å². The zero-order valence-corrected chi connectivity index (χ0v) is 5.97. The van der Waals surface area contributed by atoms with Crippen molar-refractivity contribution < 1.29 is 0 Å². The van der Waals surface area contributed by atoms with Gasteiger partial charge in [0.15, 0.2) is 0 Å². The van der Waals surface area contributed by atoms with E-state index in [1.54, 1.807) is 6.20 Å². The predicted octanol–water partition coefficient (Wildman–Crippen LogP) is 0.380. The van der Waals surface area contributed by atoms with Crippen LogP contribution in [0, 0.1) is 4.91 Å². The molecule has 0 unspecified atom stereocenters. The minimum absolute atomic E-state index is 0.538. The van der Waals surface area contributed by atoms with E-state index >= 15 is 0 Å². The van der Waals surface area contributed by atoms with Crippen LogP contribution in [0.5, 0.6) is 0 Å². The molecular weight excluding hydrogens is 144 g/mol. The molecule has 2 rings (SSSR count). The van der Waals surface area contributed by atoms with E-state index in [2.05, 4.69) is 10.3 Å². The van der Waals surface area contributed by atoms with Crippen LogP contribution in [0.15, 0.2) is 17.7 Å². The molecule has 0 aromatic carbocycles. The highest BCUT2D eigenvalue weighted by atomic mass is 16.3. The van der Waals surface area contributed by atoms with Crippen LogP contribution in [0.3, 0.4) is 0 Å². The van der Waals surface area contributed by atoms with Gasteiger partial charge in [0.25, 0.3) is 0 Å². The second-order valence-electron chi connectivity index (χ2n) is 2.51. The third kappa shape index (κ3) is 0.978. The highest BCUT2D eigenvalue weighted by molar-refractivity contribution is 4.94. The Morgan fingerprint density at radius 2 is 2.45 bits per heavy atom. The summed E-state index contributed by atoms with van der Waals surface area (Å²) in [4.78, 5) is 14.2. The van der Waals surface area contributed by atoms with Gasteiger partial charge in [-0.1, -0.05) is 0 Å². The maximum absolute atomic E-state index is 10.1. The monoisotopic (exact) mass is 152 g/mol. The normalized spacial score (nSPS) is 16.2. The van der Waals surface area contributed by atoms with Crippen LogP contribution in [0.2, 0.25) is 0 Å². The average molecular weight is 152 g/mol. The number of aromatic nitrogens is 2. The molecule has 0 spiro atoms. The van der Waals surface area contributed by atoms with Crippen molar-refractivity contribution in [1.82, 2.24) is 14.6 Å². The quantitative estimate of drug-likeness (QED) is 0.546. The Balaban J connectivity index is 2.24. The van der Waals surface area contributed by atoms with Gasteiger partial charge in [0.1, 0.15) is 5.82 Å². The number of rotatable bonds is 1. The number of imidazole rings is 1. The molecule has 1 aromatic rings. The fourth-order valence-corrected chi connectivity index (χ4v) is 1.23. The van der Waals surface area contributed by atoms with Gasteiger partial charge in [-0.3, -0.25) is 5.01 Å². The van der Waals surface area contributed by atoms with Gasteiger partial charge in [-0.25, -0.2) is 4.98 Å². The van der Waals surface area contributed by atoms with Gasteiger partial charge in [-0.05, 0) is 0 Å². The molecule has 0 saturated heterocycles. The number of fused-ring (bicyclic) bond motifs is 1. The molecule has 0 atom stereocenters. The molecule has 11 heavy (non-hydrogen) atoms. The number of nitrogens with zero attached hydrogens (tertiary/aromatic N) is 4. The Morgan fingerprint density at radius 1 is 1.55 bits per heavy atom. The van der Waals surface area contributed by atoms with Crippen LogP contribution in [0.25, 0.3) is 0 Å². The van der Waals surface area contributed by atoms with E-state index in [9.17, 15) is 4.91 Å². The van der Waals surface area contributed by atoms with Crippen LogP contribution in [0.4, 0.5) is 0 Å². The summed E-state index contributed by atoms with van der Waals surface area (Å²) in [6, 6.07) is 0. The van der Waals surface area contributed by atoms with Crippen molar-refractivity contribution in [3.8, 4) is 0 Å². The maximum Gasteiger partial charge on any atom is 0.130 e. The number of nitroso groups, excluding NO2 is 1. The van der Waals surface area contributed by atoms with E-state index < -0.39 is 0 Å². The third-order valence-electron chi connectivity index (χ3n) is 1.84. The van der Waals surface area contributed by atoms with Crippen molar-refractivity contribution >= 4 is 0 Å². The molecule has 0 amide bonds. The molecule has 1 aliphatic rings. The Hall–Kier alpha value is -1.39. The van der Waals surface area contributed by atoms with Gasteiger partial charge in [0.2, 0.25) is 0 Å². The second kappa shape index (κ2) is 2.34. The molecule has 0 bridgehead atoms. The first-order valence-corrected chi connectivity index (χ1v) is 3.48. The lowest BCUT2D eigenvalue weighted by atomic mass is 10.4. The average Bonchev–Trinajstić information content (AvgIpc) is 2.50. The minimum atomic E-state index is 0.538. The number of hydrogen-bond acceptors (Lipinski definition) is 3. The van der Waals surface area contributed by atoms with Crippen molar-refractivity contribution in [2.45, 2.75) is 13.1 Å². The Kier molecular flexibility index (Phi) is 1.34. The molecule has 0 saturated carbocycles. The molecule has 0 aliphatic carbocycles. The Labute approximate surface area is 63.6 Å². The van der Waals surface area contributed by atoms with E-state index in [1.807, 2.05) is 10.8 Å². The largest absolute Gasteiger partial charge is 0.332 e. The summed E-state index contributed by atoms with van der Waals surface area (Å²) in [5, 5.41) is 4.33. The zero-order valence-electron chi connectivity index (χ0n) is 5.97. The SMILES string of the molecule is O=NN1CCn2ccnc2C1. The van der Waals surface area contributed by atoms with Gasteiger partial charge < -0.3 is 4.57 Å². The molecule has 0 fully saturated rings. The summed E-state index contributed by atoms with van der Waals surface area (Å²) < 4.78 is 2.03. The van der Waals surface area contributed by atoms with E-state index in [0.29, 0.717) is 13.1 Å². The third-order valence-corrected chi connectivity index (χ3v) is 1.84. The Bertz CT molecular complexity index is 269. The van der Waals surface area contributed by atoms with Crippen LogP contribution < -0.4 is 0 Å².